The fourth-order valence-corrected chi connectivity index (χ4v) is 3.21. The minimum Gasteiger partial charge on any atom is -0.400 e. The first-order chi connectivity index (χ1) is 18.0. The van der Waals surface area contributed by atoms with Crippen LogP contribution in [0.2, 0.25) is 0 Å². The SMILES string of the molecule is N#CCC(N)=C(C#N)C#N.NC1=NN(c2ccccc2)C(=O)C1.NC1=NNC(=O)C1.NN1C(=O)CSC1=S. The number of hydrazone groups is 2. The molecule has 0 saturated carbocycles. The Hall–Kier alpha value is -5.02. The molecular formula is C21H22N12O3S2. The molecule has 0 aromatic heterocycles. The lowest BCUT2D eigenvalue weighted by atomic mass is 10.2. The van der Waals surface area contributed by atoms with Gasteiger partial charge >= 0.3 is 0 Å². The number of benzene rings is 1. The first-order valence-electron chi connectivity index (χ1n) is 10.3. The number of amidine groups is 2. The van der Waals surface area contributed by atoms with Gasteiger partial charge in [0.25, 0.3) is 11.8 Å². The number of amides is 3. The van der Waals surface area contributed by atoms with Crippen LogP contribution in [0.25, 0.3) is 0 Å². The maximum atomic E-state index is 11.3. The van der Waals surface area contributed by atoms with Crippen molar-refractivity contribution in [1.29, 1.82) is 15.8 Å². The normalized spacial score (nSPS) is 15.0. The highest BCUT2D eigenvalue weighted by Gasteiger charge is 2.23. The third-order valence-corrected chi connectivity index (χ3v) is 5.45. The molecule has 3 heterocycles. The van der Waals surface area contributed by atoms with Gasteiger partial charge in [-0.05, 0) is 12.1 Å². The lowest BCUT2D eigenvalue weighted by molar-refractivity contribution is -0.124. The van der Waals surface area contributed by atoms with E-state index in [9.17, 15) is 14.4 Å². The maximum Gasteiger partial charge on any atom is 0.255 e. The fourth-order valence-electron chi connectivity index (χ4n) is 2.30. The Labute approximate surface area is 226 Å². The lowest BCUT2D eigenvalue weighted by Crippen LogP contribution is -2.34. The maximum absolute atomic E-state index is 11.3. The van der Waals surface area contributed by atoms with E-state index < -0.39 is 0 Å². The summed E-state index contributed by atoms with van der Waals surface area (Å²) >= 11 is 5.96. The molecule has 4 rings (SSSR count). The second kappa shape index (κ2) is 15.9. The van der Waals surface area contributed by atoms with E-state index in [0.717, 1.165) is 10.7 Å². The van der Waals surface area contributed by atoms with Crippen molar-refractivity contribution < 1.29 is 14.4 Å². The first kappa shape index (κ1) is 31.0. The molecule has 0 atom stereocenters. The number of para-hydroxylation sites is 1. The summed E-state index contributed by atoms with van der Waals surface area (Å²) in [7, 11) is 0. The topological polar surface area (TPSA) is 270 Å². The van der Waals surface area contributed by atoms with Crippen LogP contribution in [0, 0.1) is 34.0 Å². The summed E-state index contributed by atoms with van der Waals surface area (Å²) in [5.74, 6) is 5.96. The molecule has 1 saturated heterocycles. The van der Waals surface area contributed by atoms with Crippen molar-refractivity contribution >= 4 is 63.4 Å². The third-order valence-electron chi connectivity index (χ3n) is 4.06. The number of nitrogens with zero attached hydrogens (tertiary/aromatic N) is 7. The highest BCUT2D eigenvalue weighted by molar-refractivity contribution is 8.23. The summed E-state index contributed by atoms with van der Waals surface area (Å²) in [6.07, 6.45) is 0.394. The Balaban J connectivity index is 0.000000261. The number of nitrogens with two attached hydrogens (primary N) is 4. The second-order valence-electron chi connectivity index (χ2n) is 6.90. The molecule has 1 aromatic rings. The fraction of sp³-hybridized carbons (Fsp3) is 0.190. The van der Waals surface area contributed by atoms with E-state index in [1.165, 1.54) is 16.8 Å². The zero-order valence-electron chi connectivity index (χ0n) is 19.7. The number of hydrazine groups is 1. The Morgan fingerprint density at radius 2 is 1.68 bits per heavy atom. The molecule has 3 amide bonds. The number of allylic oxidation sites excluding steroid dienone is 2. The van der Waals surface area contributed by atoms with Gasteiger partial charge in [-0.15, -0.1) is 0 Å². The van der Waals surface area contributed by atoms with E-state index in [4.69, 9.17) is 38.8 Å². The standard InChI is InChI=1S/C9H9N3O.C6H4N4.C3H5N3O.C3H4N2OS2/c10-8-6-9(13)12(11-8)7-4-2-1-3-5-7;7-2-1-6(10)5(3-8)4-9;4-2-1-3(7)6-5-2;4-5-2(6)1-8-3(5)7/h1-5H,6H2,(H2,10,11);1,10H2;1H2,(H2,4,5)(H,6,7);1,4H2. The van der Waals surface area contributed by atoms with Gasteiger partial charge in [0, 0.05) is 0 Å². The zero-order chi connectivity index (χ0) is 28.7. The van der Waals surface area contributed by atoms with Gasteiger partial charge in [-0.2, -0.15) is 31.0 Å². The van der Waals surface area contributed by atoms with E-state index in [1.807, 2.05) is 30.3 Å². The number of hydrogen-bond donors (Lipinski definition) is 5. The van der Waals surface area contributed by atoms with Gasteiger partial charge in [0.15, 0.2) is 4.32 Å². The van der Waals surface area contributed by atoms with Crippen LogP contribution in [0.3, 0.4) is 0 Å². The lowest BCUT2D eigenvalue weighted by Gasteiger charge is -2.10. The highest BCUT2D eigenvalue weighted by atomic mass is 32.2. The summed E-state index contributed by atoms with van der Waals surface area (Å²) in [4.78, 5) is 31.9. The molecule has 3 aliphatic heterocycles. The predicted molar refractivity (Wildman–Crippen MR) is 143 cm³/mol. The molecule has 17 heteroatoms. The van der Waals surface area contributed by atoms with Crippen molar-refractivity contribution in [3.05, 3.63) is 41.6 Å². The Bertz CT molecular complexity index is 1260. The number of thioether (sulfide) groups is 1. The smallest absolute Gasteiger partial charge is 0.255 e. The number of carbonyl (C=O) groups is 3. The molecule has 1 fully saturated rings. The van der Waals surface area contributed by atoms with Gasteiger partial charge in [-0.3, -0.25) is 14.4 Å². The van der Waals surface area contributed by atoms with Crippen molar-refractivity contribution in [2.45, 2.75) is 19.3 Å². The number of nitriles is 3. The van der Waals surface area contributed by atoms with Crippen LogP contribution in [0.1, 0.15) is 19.3 Å². The highest BCUT2D eigenvalue weighted by Crippen LogP contribution is 2.18. The first-order valence-corrected chi connectivity index (χ1v) is 11.6. The quantitative estimate of drug-likeness (QED) is 0.132. The summed E-state index contributed by atoms with van der Waals surface area (Å²) in [5, 5.41) is 34.2. The van der Waals surface area contributed by atoms with Crippen LogP contribution < -0.4 is 33.5 Å². The van der Waals surface area contributed by atoms with E-state index in [2.05, 4.69) is 27.8 Å². The molecular weight excluding hydrogens is 532 g/mol. The zero-order valence-corrected chi connectivity index (χ0v) is 21.3. The van der Waals surface area contributed by atoms with Crippen LogP contribution in [0.15, 0.2) is 51.8 Å². The second-order valence-corrected chi connectivity index (χ2v) is 8.51. The monoisotopic (exact) mass is 554 g/mol. The van der Waals surface area contributed by atoms with Gasteiger partial charge in [0.1, 0.15) is 29.4 Å². The summed E-state index contributed by atoms with van der Waals surface area (Å²) in [5.41, 5.74) is 18.5. The molecule has 0 aliphatic carbocycles. The van der Waals surface area contributed by atoms with Crippen LogP contribution in [0.5, 0.6) is 0 Å². The van der Waals surface area contributed by atoms with Crippen LogP contribution >= 0.6 is 24.0 Å². The van der Waals surface area contributed by atoms with Gasteiger partial charge in [0.2, 0.25) is 5.91 Å². The average Bonchev–Trinajstić information content (AvgIpc) is 3.55. The minimum atomic E-state index is -0.179. The number of carbonyl (C=O) groups excluding carboxylic acids is 3. The van der Waals surface area contributed by atoms with Crippen molar-refractivity contribution in [3.8, 4) is 18.2 Å². The number of nitrogens with one attached hydrogen (secondary N) is 1. The minimum absolute atomic E-state index is 0.0347. The molecule has 0 spiro atoms. The van der Waals surface area contributed by atoms with Crippen LogP contribution in [-0.4, -0.2) is 44.5 Å². The molecule has 15 nitrogen and oxygen atoms in total. The van der Waals surface area contributed by atoms with Crippen molar-refractivity contribution in [1.82, 2.24) is 10.4 Å². The Morgan fingerprint density at radius 1 is 1.05 bits per heavy atom. The summed E-state index contributed by atoms with van der Waals surface area (Å²) < 4.78 is 0.468. The number of anilines is 1. The van der Waals surface area contributed by atoms with E-state index in [0.29, 0.717) is 21.7 Å². The van der Waals surface area contributed by atoms with Gasteiger partial charge in [-0.25, -0.2) is 16.3 Å². The van der Waals surface area contributed by atoms with E-state index >= 15 is 0 Å². The summed E-state index contributed by atoms with van der Waals surface area (Å²) in [6.45, 7) is 0. The van der Waals surface area contributed by atoms with Crippen molar-refractivity contribution in [2.75, 3.05) is 10.8 Å². The molecule has 9 N–H and O–H groups in total. The van der Waals surface area contributed by atoms with E-state index in [1.54, 1.807) is 18.2 Å². The number of rotatable bonds is 2. The molecule has 0 bridgehead atoms. The van der Waals surface area contributed by atoms with Crippen molar-refractivity contribution in [3.63, 3.8) is 0 Å². The summed E-state index contributed by atoms with van der Waals surface area (Å²) in [6, 6.07) is 14.1. The average molecular weight is 555 g/mol. The van der Waals surface area contributed by atoms with Gasteiger partial charge in [0.05, 0.1) is 42.5 Å². The van der Waals surface area contributed by atoms with E-state index in [-0.39, 0.29) is 48.3 Å². The van der Waals surface area contributed by atoms with Crippen LogP contribution in [-0.2, 0) is 14.4 Å². The molecule has 1 aromatic carbocycles. The Kier molecular flexibility index (Phi) is 12.9. The number of thiocarbonyl (C=S) groups is 1. The van der Waals surface area contributed by atoms with Crippen LogP contribution in [0.4, 0.5) is 5.69 Å². The molecule has 3 aliphatic rings. The van der Waals surface area contributed by atoms with Gasteiger partial charge in [-0.1, -0.05) is 42.2 Å². The molecule has 0 radical (unpaired) electrons. The largest absolute Gasteiger partial charge is 0.400 e. The number of hydrogen-bond acceptors (Lipinski definition) is 14. The molecule has 38 heavy (non-hydrogen) atoms. The molecule has 0 unspecified atom stereocenters. The predicted octanol–water partition coefficient (Wildman–Crippen LogP) is -0.646. The van der Waals surface area contributed by atoms with Crippen molar-refractivity contribution in [2.24, 2.45) is 33.2 Å². The van der Waals surface area contributed by atoms with Gasteiger partial charge < -0.3 is 17.2 Å². The Morgan fingerprint density at radius 3 is 2.00 bits per heavy atom. The molecule has 196 valence electrons. The third kappa shape index (κ3) is 10.3.